The van der Waals surface area contributed by atoms with E-state index in [0.717, 1.165) is 0 Å². The number of carbonyl (C=O) groups is 3. The molecule has 0 bridgehead atoms. The van der Waals surface area contributed by atoms with Gasteiger partial charge in [-0.2, -0.15) is 0 Å². The van der Waals surface area contributed by atoms with Gasteiger partial charge in [0.15, 0.2) is 0 Å². The van der Waals surface area contributed by atoms with Crippen molar-refractivity contribution in [1.82, 2.24) is 5.32 Å². The first-order valence-corrected chi connectivity index (χ1v) is 5.13. The highest BCUT2D eigenvalue weighted by molar-refractivity contribution is 5.86. The van der Waals surface area contributed by atoms with Crippen LogP contribution >= 0.6 is 0 Å². The van der Waals surface area contributed by atoms with Crippen molar-refractivity contribution in [1.29, 1.82) is 0 Å². The predicted molar refractivity (Wildman–Crippen MR) is 57.5 cm³/mol. The monoisotopic (exact) mass is 247 g/mol. The second-order valence-corrected chi connectivity index (χ2v) is 3.64. The maximum Gasteiger partial charge on any atom is 0.326 e. The third kappa shape index (κ3) is 7.29. The number of rotatable bonds is 8. The van der Waals surface area contributed by atoms with Gasteiger partial charge in [0.2, 0.25) is 5.91 Å². The summed E-state index contributed by atoms with van der Waals surface area (Å²) in [4.78, 5) is 32.4. The number of methoxy groups -OCH3 is 1. The largest absolute Gasteiger partial charge is 0.481 e. The highest BCUT2D eigenvalue weighted by Gasteiger charge is 2.22. The molecule has 17 heavy (non-hydrogen) atoms. The summed E-state index contributed by atoms with van der Waals surface area (Å²) in [6.07, 6.45) is -0.204. The minimum absolute atomic E-state index is 0.0956. The zero-order valence-electron chi connectivity index (χ0n) is 9.80. The van der Waals surface area contributed by atoms with Crippen molar-refractivity contribution >= 4 is 17.8 Å². The zero-order valence-corrected chi connectivity index (χ0v) is 9.80. The van der Waals surface area contributed by atoms with Crippen LogP contribution in [0.15, 0.2) is 0 Å². The first-order chi connectivity index (χ1) is 7.86. The molecule has 0 aliphatic heterocycles. The lowest BCUT2D eigenvalue weighted by atomic mass is 10.1. The highest BCUT2D eigenvalue weighted by atomic mass is 16.5. The van der Waals surface area contributed by atoms with Crippen molar-refractivity contribution in [2.75, 3.05) is 7.11 Å². The number of carboxylic acid groups (broad SMARTS) is 2. The molecule has 0 saturated heterocycles. The van der Waals surface area contributed by atoms with E-state index in [2.05, 4.69) is 5.32 Å². The Morgan fingerprint density at radius 1 is 1.29 bits per heavy atom. The van der Waals surface area contributed by atoms with Crippen LogP contribution in [0.5, 0.6) is 0 Å². The van der Waals surface area contributed by atoms with E-state index < -0.39 is 30.3 Å². The predicted octanol–water partition coefficient (Wildman–Crippen LogP) is -0.154. The van der Waals surface area contributed by atoms with Crippen molar-refractivity contribution < 1.29 is 29.3 Å². The van der Waals surface area contributed by atoms with E-state index in [9.17, 15) is 14.4 Å². The molecule has 0 radical (unpaired) electrons. The van der Waals surface area contributed by atoms with Crippen LogP contribution in [0.2, 0.25) is 0 Å². The Bertz CT molecular complexity index is 291. The van der Waals surface area contributed by atoms with Crippen LogP contribution in [0.25, 0.3) is 0 Å². The summed E-state index contributed by atoms with van der Waals surface area (Å²) in [6, 6.07) is -1.39. The Morgan fingerprint density at radius 3 is 2.29 bits per heavy atom. The number of hydrogen-bond acceptors (Lipinski definition) is 4. The van der Waals surface area contributed by atoms with Crippen molar-refractivity contribution in [3.8, 4) is 0 Å². The van der Waals surface area contributed by atoms with Crippen LogP contribution in [0, 0.1) is 0 Å². The first kappa shape index (κ1) is 15.4. The number of amides is 1. The number of carbonyl (C=O) groups excluding carboxylic acids is 1. The van der Waals surface area contributed by atoms with Crippen LogP contribution in [0.4, 0.5) is 0 Å². The van der Waals surface area contributed by atoms with Gasteiger partial charge in [-0.25, -0.2) is 4.79 Å². The standard InChI is InChI=1S/C10H17NO6/c1-6(17-2)3-4-8(12)11-7(10(15)16)5-9(13)14/h6-7H,3-5H2,1-2H3,(H,11,12)(H,13,14)(H,15,16). The van der Waals surface area contributed by atoms with Gasteiger partial charge in [-0.15, -0.1) is 0 Å². The van der Waals surface area contributed by atoms with E-state index in [0.29, 0.717) is 6.42 Å². The third-order valence-electron chi connectivity index (χ3n) is 2.19. The molecule has 3 N–H and O–H groups in total. The quantitative estimate of drug-likeness (QED) is 0.549. The second-order valence-electron chi connectivity index (χ2n) is 3.64. The molecular formula is C10H17NO6. The fourth-order valence-corrected chi connectivity index (χ4v) is 1.09. The molecule has 0 saturated carbocycles. The molecule has 98 valence electrons. The molecule has 7 heteroatoms. The number of aliphatic carboxylic acids is 2. The van der Waals surface area contributed by atoms with Gasteiger partial charge in [0.25, 0.3) is 0 Å². The fourth-order valence-electron chi connectivity index (χ4n) is 1.09. The summed E-state index contributed by atoms with van der Waals surface area (Å²) >= 11 is 0. The summed E-state index contributed by atoms with van der Waals surface area (Å²) in [5.74, 6) is -3.13. The van der Waals surface area contributed by atoms with Crippen LogP contribution in [-0.2, 0) is 19.1 Å². The lowest BCUT2D eigenvalue weighted by Crippen LogP contribution is -2.42. The van der Waals surface area contributed by atoms with Crippen LogP contribution in [0.1, 0.15) is 26.2 Å². The van der Waals surface area contributed by atoms with Gasteiger partial charge < -0.3 is 20.3 Å². The minimum atomic E-state index is -1.39. The summed E-state index contributed by atoms with van der Waals surface area (Å²) < 4.78 is 4.93. The van der Waals surface area contributed by atoms with Gasteiger partial charge >= 0.3 is 11.9 Å². The zero-order chi connectivity index (χ0) is 13.4. The Labute approximate surface area is 98.8 Å². The molecule has 0 heterocycles. The average Bonchev–Trinajstić information content (AvgIpc) is 2.24. The van der Waals surface area contributed by atoms with Gasteiger partial charge in [-0.05, 0) is 13.3 Å². The Balaban J connectivity index is 4.13. The van der Waals surface area contributed by atoms with E-state index >= 15 is 0 Å². The Hall–Kier alpha value is -1.63. The van der Waals surface area contributed by atoms with E-state index in [1.807, 2.05) is 0 Å². The molecule has 0 aromatic rings. The molecule has 0 spiro atoms. The normalized spacial score (nSPS) is 13.8. The van der Waals surface area contributed by atoms with E-state index in [1.54, 1.807) is 6.92 Å². The van der Waals surface area contributed by atoms with E-state index in [-0.39, 0.29) is 12.5 Å². The summed E-state index contributed by atoms with van der Waals surface area (Å²) in [5.41, 5.74) is 0. The summed E-state index contributed by atoms with van der Waals surface area (Å²) in [5, 5.41) is 19.3. The SMILES string of the molecule is COC(C)CCC(=O)NC(CC(=O)O)C(=O)O. The average molecular weight is 247 g/mol. The van der Waals surface area contributed by atoms with Gasteiger partial charge in [0.1, 0.15) is 6.04 Å². The van der Waals surface area contributed by atoms with Crippen LogP contribution < -0.4 is 5.32 Å². The van der Waals surface area contributed by atoms with Crippen LogP contribution in [0.3, 0.4) is 0 Å². The molecule has 7 nitrogen and oxygen atoms in total. The molecule has 1 amide bonds. The van der Waals surface area contributed by atoms with Gasteiger partial charge in [0.05, 0.1) is 12.5 Å². The van der Waals surface area contributed by atoms with E-state index in [4.69, 9.17) is 14.9 Å². The molecular weight excluding hydrogens is 230 g/mol. The van der Waals surface area contributed by atoms with Gasteiger partial charge in [0, 0.05) is 13.5 Å². The van der Waals surface area contributed by atoms with Crippen molar-refractivity contribution in [2.45, 2.75) is 38.3 Å². The molecule has 0 aromatic heterocycles. The molecule has 2 atom stereocenters. The maximum atomic E-state index is 11.3. The lowest BCUT2D eigenvalue weighted by Gasteiger charge is -2.13. The molecule has 0 aromatic carbocycles. The maximum absolute atomic E-state index is 11.3. The Kier molecular flexibility index (Phi) is 6.88. The smallest absolute Gasteiger partial charge is 0.326 e. The highest BCUT2D eigenvalue weighted by Crippen LogP contribution is 2.01. The number of nitrogens with one attached hydrogen (secondary N) is 1. The number of carboxylic acids is 2. The molecule has 2 unspecified atom stereocenters. The fraction of sp³-hybridized carbons (Fsp3) is 0.700. The van der Waals surface area contributed by atoms with Crippen molar-refractivity contribution in [2.24, 2.45) is 0 Å². The topological polar surface area (TPSA) is 113 Å². The third-order valence-corrected chi connectivity index (χ3v) is 2.19. The second kappa shape index (κ2) is 7.61. The molecule has 0 rings (SSSR count). The lowest BCUT2D eigenvalue weighted by molar-refractivity contribution is -0.147. The Morgan fingerprint density at radius 2 is 1.88 bits per heavy atom. The van der Waals surface area contributed by atoms with E-state index in [1.165, 1.54) is 7.11 Å². The minimum Gasteiger partial charge on any atom is -0.481 e. The van der Waals surface area contributed by atoms with Crippen molar-refractivity contribution in [3.63, 3.8) is 0 Å². The number of ether oxygens (including phenoxy) is 1. The van der Waals surface area contributed by atoms with Crippen LogP contribution in [-0.4, -0.2) is 47.3 Å². The summed E-state index contributed by atoms with van der Waals surface area (Å²) in [7, 11) is 1.51. The van der Waals surface area contributed by atoms with Gasteiger partial charge in [-0.1, -0.05) is 0 Å². The molecule has 0 aliphatic rings. The molecule has 0 fully saturated rings. The van der Waals surface area contributed by atoms with Crippen molar-refractivity contribution in [3.05, 3.63) is 0 Å². The number of hydrogen-bond donors (Lipinski definition) is 3. The summed E-state index contributed by atoms with van der Waals surface area (Å²) in [6.45, 7) is 1.78. The first-order valence-electron chi connectivity index (χ1n) is 5.13. The molecule has 0 aliphatic carbocycles. The van der Waals surface area contributed by atoms with Gasteiger partial charge in [-0.3, -0.25) is 9.59 Å².